The smallest absolute Gasteiger partial charge is 0.335 e. The molecule has 0 aliphatic rings. The summed E-state index contributed by atoms with van der Waals surface area (Å²) in [5.41, 5.74) is 0.167. The van der Waals surface area contributed by atoms with Gasteiger partial charge in [-0.25, -0.2) is 9.59 Å². The molecule has 1 aromatic rings. The minimum atomic E-state index is -1.06. The molecule has 0 radical (unpaired) electrons. The summed E-state index contributed by atoms with van der Waals surface area (Å²) >= 11 is 0. The number of carbonyl (C=O) groups excluding carboxylic acids is 2. The molecule has 0 atom stereocenters. The third-order valence-corrected chi connectivity index (χ3v) is 1.80. The van der Waals surface area contributed by atoms with Crippen molar-refractivity contribution < 1.29 is 29.4 Å². The van der Waals surface area contributed by atoms with Crippen LogP contribution in [-0.4, -0.2) is 73.0 Å². The highest BCUT2D eigenvalue weighted by molar-refractivity contribution is 5.91. The average Bonchev–Trinajstić information content (AvgIpc) is 2.48. The van der Waals surface area contributed by atoms with Crippen molar-refractivity contribution in [3.8, 4) is 0 Å². The second kappa shape index (κ2) is 11.9. The molecule has 0 bridgehead atoms. The van der Waals surface area contributed by atoms with Crippen LogP contribution in [-0.2, 0) is 9.59 Å². The predicted octanol–water partition coefficient (Wildman–Crippen LogP) is 0.492. The van der Waals surface area contributed by atoms with Gasteiger partial charge < -0.3 is 20.0 Å². The van der Waals surface area contributed by atoms with Gasteiger partial charge in [0, 0.05) is 28.2 Å². The highest BCUT2D eigenvalue weighted by atomic mass is 16.4. The first-order valence-corrected chi connectivity index (χ1v) is 5.95. The Kier molecular flexibility index (Phi) is 11.6. The largest absolute Gasteiger partial charge is 0.478 e. The van der Waals surface area contributed by atoms with Crippen molar-refractivity contribution in [3.05, 3.63) is 35.4 Å². The van der Waals surface area contributed by atoms with E-state index in [2.05, 4.69) is 0 Å². The number of rotatable bonds is 4. The second-order valence-electron chi connectivity index (χ2n) is 4.33. The van der Waals surface area contributed by atoms with Crippen molar-refractivity contribution in [3.63, 3.8) is 0 Å². The molecule has 2 N–H and O–H groups in total. The summed E-state index contributed by atoms with van der Waals surface area (Å²) in [4.78, 5) is 42.4. The van der Waals surface area contributed by atoms with E-state index in [4.69, 9.17) is 10.2 Å². The van der Waals surface area contributed by atoms with Gasteiger partial charge in [-0.05, 0) is 24.3 Å². The fraction of sp³-hybridized carbons (Fsp3) is 0.286. The zero-order valence-corrected chi connectivity index (χ0v) is 12.9. The maximum atomic E-state index is 10.3. The Labute approximate surface area is 128 Å². The van der Waals surface area contributed by atoms with Crippen LogP contribution in [0.4, 0.5) is 0 Å². The number of hydrogen-bond acceptors (Lipinski definition) is 4. The predicted molar refractivity (Wildman–Crippen MR) is 79.9 cm³/mol. The lowest BCUT2D eigenvalue weighted by molar-refractivity contribution is -0.116. The number of aromatic carboxylic acids is 2. The van der Waals surface area contributed by atoms with Crippen LogP contribution < -0.4 is 0 Å². The topological polar surface area (TPSA) is 115 Å². The fourth-order valence-corrected chi connectivity index (χ4v) is 0.755. The highest BCUT2D eigenvalue weighted by Crippen LogP contribution is 2.03. The maximum absolute atomic E-state index is 10.3. The maximum Gasteiger partial charge on any atom is 0.335 e. The summed E-state index contributed by atoms with van der Waals surface area (Å²) in [6, 6.07) is 5.02. The summed E-state index contributed by atoms with van der Waals surface area (Å²) in [5, 5.41) is 16.9. The Morgan fingerprint density at radius 3 is 1.05 bits per heavy atom. The number of nitrogens with zero attached hydrogens (tertiary/aromatic N) is 2. The summed E-state index contributed by atoms with van der Waals surface area (Å²) in [6.45, 7) is 0. The molecule has 8 nitrogen and oxygen atoms in total. The second-order valence-corrected chi connectivity index (χ2v) is 4.33. The van der Waals surface area contributed by atoms with E-state index in [1.807, 2.05) is 0 Å². The molecule has 0 aliphatic heterocycles. The van der Waals surface area contributed by atoms with Gasteiger partial charge in [0.2, 0.25) is 12.8 Å². The molecule has 0 fully saturated rings. The Morgan fingerprint density at radius 2 is 0.955 bits per heavy atom. The first-order valence-electron chi connectivity index (χ1n) is 5.95. The molecule has 0 unspecified atom stereocenters. The molecule has 0 saturated heterocycles. The first kappa shape index (κ1) is 21.4. The molecule has 8 heteroatoms. The van der Waals surface area contributed by atoms with Gasteiger partial charge in [0.1, 0.15) is 0 Å². The van der Waals surface area contributed by atoms with E-state index in [0.29, 0.717) is 0 Å². The number of carboxylic acids is 2. The van der Waals surface area contributed by atoms with Crippen molar-refractivity contribution in [1.82, 2.24) is 9.80 Å². The van der Waals surface area contributed by atoms with Gasteiger partial charge in [-0.15, -0.1) is 0 Å². The molecule has 0 aliphatic carbocycles. The van der Waals surface area contributed by atoms with Crippen LogP contribution >= 0.6 is 0 Å². The molecule has 0 saturated carbocycles. The Balaban J connectivity index is 0. The van der Waals surface area contributed by atoms with Crippen LogP contribution in [0.3, 0.4) is 0 Å². The molecular formula is C14H20N2O6. The van der Waals surface area contributed by atoms with Crippen molar-refractivity contribution >= 4 is 24.8 Å². The van der Waals surface area contributed by atoms with Gasteiger partial charge in [-0.1, -0.05) is 0 Å². The molecule has 1 aromatic carbocycles. The van der Waals surface area contributed by atoms with E-state index in [9.17, 15) is 19.2 Å². The van der Waals surface area contributed by atoms with Crippen molar-refractivity contribution in [2.45, 2.75) is 0 Å². The zero-order valence-electron chi connectivity index (χ0n) is 12.9. The van der Waals surface area contributed by atoms with Crippen LogP contribution in [0.15, 0.2) is 24.3 Å². The van der Waals surface area contributed by atoms with Gasteiger partial charge in [0.15, 0.2) is 0 Å². The van der Waals surface area contributed by atoms with E-state index in [1.54, 1.807) is 28.2 Å². The number of amides is 2. The summed E-state index contributed by atoms with van der Waals surface area (Å²) in [5.74, 6) is -2.13. The minimum absolute atomic E-state index is 0.0833. The quantitative estimate of drug-likeness (QED) is 0.782. The normalized spacial score (nSPS) is 8.18. The van der Waals surface area contributed by atoms with Crippen molar-refractivity contribution in [2.24, 2.45) is 0 Å². The molecule has 22 heavy (non-hydrogen) atoms. The van der Waals surface area contributed by atoms with Gasteiger partial charge in [-0.3, -0.25) is 9.59 Å². The van der Waals surface area contributed by atoms with Gasteiger partial charge in [0.05, 0.1) is 11.1 Å². The van der Waals surface area contributed by atoms with Gasteiger partial charge >= 0.3 is 11.9 Å². The van der Waals surface area contributed by atoms with Crippen LogP contribution in [0.2, 0.25) is 0 Å². The summed E-state index contributed by atoms with van der Waals surface area (Å²) < 4.78 is 0. The van der Waals surface area contributed by atoms with Crippen molar-refractivity contribution in [2.75, 3.05) is 28.2 Å². The van der Waals surface area contributed by atoms with Crippen LogP contribution in [0.5, 0.6) is 0 Å². The Hall–Kier alpha value is -2.90. The number of benzene rings is 1. The minimum Gasteiger partial charge on any atom is -0.478 e. The van der Waals surface area contributed by atoms with E-state index in [1.165, 1.54) is 34.1 Å². The lowest BCUT2D eigenvalue weighted by Gasteiger charge is -1.94. The SMILES string of the molecule is CN(C)C=O.CN(C)C=O.O=C(O)c1ccc(C(=O)O)cc1. The zero-order chi connectivity index (χ0) is 17.7. The Morgan fingerprint density at radius 1 is 0.773 bits per heavy atom. The third kappa shape index (κ3) is 12.2. The molecule has 0 heterocycles. The monoisotopic (exact) mass is 312 g/mol. The fourth-order valence-electron chi connectivity index (χ4n) is 0.755. The number of carboxylic acid groups (broad SMARTS) is 2. The van der Waals surface area contributed by atoms with Gasteiger partial charge in [-0.2, -0.15) is 0 Å². The molecule has 0 aromatic heterocycles. The standard InChI is InChI=1S/C8H6O4.2C3H7NO/c9-7(10)5-1-2-6(4-3-5)8(11)12;2*1-4(2)3-5/h1-4H,(H,9,10)(H,11,12);2*3H,1-2H3. The summed E-state index contributed by atoms with van der Waals surface area (Å²) in [6.07, 6.45) is 1.50. The third-order valence-electron chi connectivity index (χ3n) is 1.80. The molecule has 1 rings (SSSR count). The number of carbonyl (C=O) groups is 4. The van der Waals surface area contributed by atoms with E-state index in [0.717, 1.165) is 12.8 Å². The van der Waals surface area contributed by atoms with Crippen LogP contribution in [0, 0.1) is 0 Å². The summed E-state index contributed by atoms with van der Waals surface area (Å²) in [7, 11) is 6.75. The average molecular weight is 312 g/mol. The first-order chi connectivity index (χ1) is 10.1. The molecule has 2 amide bonds. The molecule has 122 valence electrons. The van der Waals surface area contributed by atoms with Crippen molar-refractivity contribution in [1.29, 1.82) is 0 Å². The molecular weight excluding hydrogens is 292 g/mol. The van der Waals surface area contributed by atoms with Crippen LogP contribution in [0.25, 0.3) is 0 Å². The van der Waals surface area contributed by atoms with E-state index >= 15 is 0 Å². The lowest BCUT2D eigenvalue weighted by Crippen LogP contribution is -2.06. The molecule has 0 spiro atoms. The Bertz CT molecular complexity index is 438. The van der Waals surface area contributed by atoms with E-state index < -0.39 is 11.9 Å². The van der Waals surface area contributed by atoms with Gasteiger partial charge in [0.25, 0.3) is 0 Å². The lowest BCUT2D eigenvalue weighted by atomic mass is 10.1. The highest BCUT2D eigenvalue weighted by Gasteiger charge is 2.04. The van der Waals surface area contributed by atoms with Crippen LogP contribution in [0.1, 0.15) is 20.7 Å². The number of hydrogen-bond donors (Lipinski definition) is 2. The van der Waals surface area contributed by atoms with E-state index in [-0.39, 0.29) is 11.1 Å².